The molecule has 1 atom stereocenters. The molecule has 1 aromatic rings. The highest BCUT2D eigenvalue weighted by Gasteiger charge is 2.12. The summed E-state index contributed by atoms with van der Waals surface area (Å²) in [5.74, 6) is -0.292. The van der Waals surface area contributed by atoms with E-state index in [1.54, 1.807) is 25.1 Å². The van der Waals surface area contributed by atoms with E-state index in [1.807, 2.05) is 0 Å². The topological polar surface area (TPSA) is 46.5 Å². The third kappa shape index (κ3) is 4.66. The van der Waals surface area contributed by atoms with Crippen molar-refractivity contribution < 1.29 is 14.6 Å². The maximum Gasteiger partial charge on any atom is 0.305 e. The quantitative estimate of drug-likeness (QED) is 0.845. The number of hydrogen-bond acceptors (Lipinski definition) is 3. The molecular formula is C12H14BrClO3. The van der Waals surface area contributed by atoms with Gasteiger partial charge in [-0.2, -0.15) is 0 Å². The number of aliphatic hydroxyl groups is 1. The molecular weight excluding hydrogens is 307 g/mol. The van der Waals surface area contributed by atoms with Crippen LogP contribution in [-0.4, -0.2) is 17.7 Å². The van der Waals surface area contributed by atoms with Gasteiger partial charge in [-0.3, -0.25) is 4.79 Å². The molecule has 1 aromatic carbocycles. The van der Waals surface area contributed by atoms with Crippen LogP contribution in [0.4, 0.5) is 0 Å². The Balaban J connectivity index is 2.54. The molecule has 94 valence electrons. The summed E-state index contributed by atoms with van der Waals surface area (Å²) in [6, 6.07) is 5.19. The summed E-state index contributed by atoms with van der Waals surface area (Å²) < 4.78 is 5.52. The molecule has 0 amide bonds. The number of carbonyl (C=O) groups is 1. The van der Waals surface area contributed by atoms with Gasteiger partial charge in [0, 0.05) is 10.9 Å². The summed E-state index contributed by atoms with van der Waals surface area (Å²) in [5.41, 5.74) is 0.727. The van der Waals surface area contributed by atoms with Gasteiger partial charge in [-0.15, -0.1) is 0 Å². The summed E-state index contributed by atoms with van der Waals surface area (Å²) >= 11 is 9.14. The normalized spacial score (nSPS) is 12.2. The lowest BCUT2D eigenvalue weighted by molar-refractivity contribution is -0.143. The van der Waals surface area contributed by atoms with E-state index in [0.29, 0.717) is 18.1 Å². The van der Waals surface area contributed by atoms with Crippen LogP contribution >= 0.6 is 27.5 Å². The summed E-state index contributed by atoms with van der Waals surface area (Å²) in [6.07, 6.45) is -0.143. The summed E-state index contributed by atoms with van der Waals surface area (Å²) in [7, 11) is 0. The van der Waals surface area contributed by atoms with Crippen molar-refractivity contribution in [2.45, 2.75) is 25.9 Å². The van der Waals surface area contributed by atoms with Gasteiger partial charge < -0.3 is 9.84 Å². The van der Waals surface area contributed by atoms with Crippen LogP contribution < -0.4 is 0 Å². The fourth-order valence-corrected chi connectivity index (χ4v) is 1.89. The molecule has 0 aliphatic heterocycles. The third-order valence-corrected chi connectivity index (χ3v) is 3.47. The molecule has 0 aromatic heterocycles. The van der Waals surface area contributed by atoms with E-state index in [9.17, 15) is 9.90 Å². The van der Waals surface area contributed by atoms with Crippen LogP contribution in [0.5, 0.6) is 0 Å². The molecule has 0 saturated carbocycles. The van der Waals surface area contributed by atoms with E-state index in [1.165, 1.54) is 0 Å². The zero-order valence-corrected chi connectivity index (χ0v) is 11.8. The molecule has 5 heteroatoms. The van der Waals surface area contributed by atoms with Gasteiger partial charge in [0.25, 0.3) is 0 Å². The maximum absolute atomic E-state index is 11.1. The van der Waals surface area contributed by atoms with E-state index < -0.39 is 6.10 Å². The lowest BCUT2D eigenvalue weighted by Crippen LogP contribution is -2.07. The van der Waals surface area contributed by atoms with E-state index in [-0.39, 0.29) is 12.4 Å². The summed E-state index contributed by atoms with van der Waals surface area (Å²) in [6.45, 7) is 2.12. The van der Waals surface area contributed by atoms with Crippen molar-refractivity contribution in [3.05, 3.63) is 33.3 Å². The van der Waals surface area contributed by atoms with Crippen LogP contribution in [-0.2, 0) is 9.53 Å². The van der Waals surface area contributed by atoms with Gasteiger partial charge in [-0.25, -0.2) is 0 Å². The molecule has 0 saturated heterocycles. The first kappa shape index (κ1) is 14.5. The fraction of sp³-hybridized carbons (Fsp3) is 0.417. The number of esters is 1. The second-order valence-electron chi connectivity index (χ2n) is 3.53. The minimum Gasteiger partial charge on any atom is -0.466 e. The van der Waals surface area contributed by atoms with Crippen LogP contribution in [0, 0.1) is 0 Å². The Kier molecular flexibility index (Phi) is 5.95. The monoisotopic (exact) mass is 320 g/mol. The van der Waals surface area contributed by atoms with Gasteiger partial charge in [0.2, 0.25) is 0 Å². The van der Waals surface area contributed by atoms with Crippen molar-refractivity contribution >= 4 is 33.5 Å². The second-order valence-corrected chi connectivity index (χ2v) is 4.79. The molecule has 0 heterocycles. The van der Waals surface area contributed by atoms with E-state index in [0.717, 1.165) is 10.0 Å². The van der Waals surface area contributed by atoms with E-state index in [4.69, 9.17) is 16.3 Å². The molecule has 3 nitrogen and oxygen atoms in total. The summed E-state index contributed by atoms with van der Waals surface area (Å²) in [5, 5.41) is 10.5. The van der Waals surface area contributed by atoms with Gasteiger partial charge >= 0.3 is 5.97 Å². The number of halogens is 2. The highest BCUT2D eigenvalue weighted by Crippen LogP contribution is 2.27. The summed E-state index contributed by atoms with van der Waals surface area (Å²) in [4.78, 5) is 11.1. The van der Waals surface area contributed by atoms with Gasteiger partial charge in [-0.05, 0) is 47.0 Å². The van der Waals surface area contributed by atoms with Gasteiger partial charge in [0.1, 0.15) is 0 Å². The number of benzene rings is 1. The smallest absolute Gasteiger partial charge is 0.305 e. The molecule has 1 rings (SSSR count). The SMILES string of the molecule is CCOC(=O)CCC(O)c1ccc(Cl)c(Br)c1. The number of hydrogen-bond donors (Lipinski definition) is 1. The minimum absolute atomic E-state index is 0.204. The Bertz CT molecular complexity index is 395. The third-order valence-electron chi connectivity index (χ3n) is 2.26. The molecule has 0 spiro atoms. The maximum atomic E-state index is 11.1. The Labute approximate surface area is 114 Å². The largest absolute Gasteiger partial charge is 0.466 e. The number of rotatable bonds is 5. The van der Waals surface area contributed by atoms with Crippen molar-refractivity contribution in [3.63, 3.8) is 0 Å². The van der Waals surface area contributed by atoms with E-state index >= 15 is 0 Å². The lowest BCUT2D eigenvalue weighted by atomic mass is 10.1. The minimum atomic E-state index is -0.687. The van der Waals surface area contributed by atoms with Gasteiger partial charge in [-0.1, -0.05) is 17.7 Å². The molecule has 1 N–H and O–H groups in total. The average Bonchev–Trinajstić information content (AvgIpc) is 2.30. The van der Waals surface area contributed by atoms with Crippen molar-refractivity contribution in [1.82, 2.24) is 0 Å². The van der Waals surface area contributed by atoms with Crippen molar-refractivity contribution in [2.24, 2.45) is 0 Å². The van der Waals surface area contributed by atoms with Crippen molar-refractivity contribution in [3.8, 4) is 0 Å². The number of aliphatic hydroxyl groups excluding tert-OH is 1. The zero-order chi connectivity index (χ0) is 12.8. The van der Waals surface area contributed by atoms with Crippen molar-refractivity contribution in [1.29, 1.82) is 0 Å². The molecule has 0 aliphatic carbocycles. The van der Waals surface area contributed by atoms with Crippen LogP contribution in [0.1, 0.15) is 31.4 Å². The fourth-order valence-electron chi connectivity index (χ4n) is 1.37. The standard InChI is InChI=1S/C12H14BrClO3/c1-2-17-12(16)6-5-11(15)8-3-4-10(14)9(13)7-8/h3-4,7,11,15H,2,5-6H2,1H3. The Morgan fingerprint density at radius 3 is 2.88 bits per heavy atom. The predicted molar refractivity (Wildman–Crippen MR) is 70.0 cm³/mol. The Morgan fingerprint density at radius 2 is 2.29 bits per heavy atom. The molecule has 0 aliphatic rings. The molecule has 1 unspecified atom stereocenters. The Morgan fingerprint density at radius 1 is 1.59 bits per heavy atom. The first-order valence-electron chi connectivity index (χ1n) is 5.33. The molecule has 0 bridgehead atoms. The first-order valence-corrected chi connectivity index (χ1v) is 6.50. The Hall–Kier alpha value is -0.580. The van der Waals surface area contributed by atoms with Crippen LogP contribution in [0.3, 0.4) is 0 Å². The van der Waals surface area contributed by atoms with Gasteiger partial charge in [0.05, 0.1) is 17.7 Å². The highest BCUT2D eigenvalue weighted by atomic mass is 79.9. The molecule has 0 radical (unpaired) electrons. The number of ether oxygens (including phenoxy) is 1. The van der Waals surface area contributed by atoms with Gasteiger partial charge in [0.15, 0.2) is 0 Å². The first-order chi connectivity index (χ1) is 8.04. The zero-order valence-electron chi connectivity index (χ0n) is 9.45. The van der Waals surface area contributed by atoms with Crippen LogP contribution in [0.15, 0.2) is 22.7 Å². The number of carbonyl (C=O) groups excluding carboxylic acids is 1. The van der Waals surface area contributed by atoms with Crippen molar-refractivity contribution in [2.75, 3.05) is 6.61 Å². The predicted octanol–water partition coefficient (Wildman–Crippen LogP) is 3.48. The second kappa shape index (κ2) is 6.99. The van der Waals surface area contributed by atoms with Crippen LogP contribution in [0.2, 0.25) is 5.02 Å². The molecule has 17 heavy (non-hydrogen) atoms. The van der Waals surface area contributed by atoms with Crippen LogP contribution in [0.25, 0.3) is 0 Å². The molecule has 0 fully saturated rings. The lowest BCUT2D eigenvalue weighted by Gasteiger charge is -2.11. The average molecular weight is 322 g/mol. The highest BCUT2D eigenvalue weighted by molar-refractivity contribution is 9.10. The van der Waals surface area contributed by atoms with E-state index in [2.05, 4.69) is 15.9 Å².